The summed E-state index contributed by atoms with van der Waals surface area (Å²) < 4.78 is 4.61. The molecule has 142 valence electrons. The number of hydrogen-bond acceptors (Lipinski definition) is 3. The highest BCUT2D eigenvalue weighted by Crippen LogP contribution is 2.40. The minimum Gasteiger partial charge on any atom is -0.390 e. The summed E-state index contributed by atoms with van der Waals surface area (Å²) >= 11 is 0. The second kappa shape index (κ2) is 10.1. The van der Waals surface area contributed by atoms with Gasteiger partial charge in [0, 0.05) is 12.5 Å². The number of carbonyl (C=O) groups excluding carboxylic acids is 2. The van der Waals surface area contributed by atoms with E-state index in [9.17, 15) is 9.59 Å². The Labute approximate surface area is 158 Å². The number of allylic oxidation sites excluding steroid dienone is 9. The average Bonchev–Trinajstić information content (AvgIpc) is 2.53. The van der Waals surface area contributed by atoms with E-state index in [1.54, 1.807) is 13.8 Å². The molecule has 0 spiro atoms. The molecule has 0 saturated heterocycles. The van der Waals surface area contributed by atoms with Crippen molar-refractivity contribution in [3.63, 3.8) is 0 Å². The van der Waals surface area contributed by atoms with Crippen molar-refractivity contribution in [2.24, 2.45) is 5.41 Å². The standard InChI is InChI=1S/C23H32O3/c1-7-21(24)26-22(25)16-18(3)11-8-10-17(2)13-14-20-19(4)12-9-15-23(20,5)6/h8,10-11,13-14,16H,7,9,12,15H2,1-6H3. The molecule has 0 aromatic carbocycles. The molecule has 0 aromatic heterocycles. The zero-order chi connectivity index (χ0) is 19.7. The molecule has 3 nitrogen and oxygen atoms in total. The minimum atomic E-state index is -0.624. The van der Waals surface area contributed by atoms with Gasteiger partial charge in [-0.3, -0.25) is 4.79 Å². The summed E-state index contributed by atoms with van der Waals surface area (Å²) in [6, 6.07) is 0. The van der Waals surface area contributed by atoms with Crippen LogP contribution in [0.4, 0.5) is 0 Å². The summed E-state index contributed by atoms with van der Waals surface area (Å²) in [6.07, 6.45) is 15.3. The first kappa shape index (κ1) is 21.9. The zero-order valence-electron chi connectivity index (χ0n) is 17.0. The molecule has 1 aliphatic carbocycles. The molecule has 0 N–H and O–H groups in total. The molecule has 0 bridgehead atoms. The van der Waals surface area contributed by atoms with Crippen molar-refractivity contribution in [3.05, 3.63) is 58.7 Å². The van der Waals surface area contributed by atoms with Crippen LogP contribution in [-0.2, 0) is 14.3 Å². The van der Waals surface area contributed by atoms with Crippen LogP contribution in [0, 0.1) is 5.41 Å². The summed E-state index contributed by atoms with van der Waals surface area (Å²) in [5, 5.41) is 0. The van der Waals surface area contributed by atoms with Crippen LogP contribution in [0.15, 0.2) is 58.7 Å². The predicted molar refractivity (Wildman–Crippen MR) is 108 cm³/mol. The third-order valence-corrected chi connectivity index (χ3v) is 4.62. The van der Waals surface area contributed by atoms with E-state index >= 15 is 0 Å². The number of hydrogen-bond donors (Lipinski definition) is 0. The van der Waals surface area contributed by atoms with E-state index in [0.717, 1.165) is 11.1 Å². The molecule has 1 rings (SSSR count). The van der Waals surface area contributed by atoms with Crippen LogP contribution in [0.25, 0.3) is 0 Å². The molecule has 26 heavy (non-hydrogen) atoms. The Hall–Kier alpha value is -2.16. The molecule has 0 atom stereocenters. The van der Waals surface area contributed by atoms with Gasteiger partial charge in [0.05, 0.1) is 0 Å². The van der Waals surface area contributed by atoms with Crippen molar-refractivity contribution in [1.82, 2.24) is 0 Å². The van der Waals surface area contributed by atoms with Crippen LogP contribution in [0.5, 0.6) is 0 Å². The monoisotopic (exact) mass is 356 g/mol. The van der Waals surface area contributed by atoms with Gasteiger partial charge in [-0.05, 0) is 56.6 Å². The fourth-order valence-corrected chi connectivity index (χ4v) is 3.08. The van der Waals surface area contributed by atoms with E-state index in [1.807, 2.05) is 18.2 Å². The maximum Gasteiger partial charge on any atom is 0.338 e. The SMILES string of the molecule is CCC(=O)OC(=O)C=C(C)C=CC=C(C)C=CC1=C(C)CCCC1(C)C. The van der Waals surface area contributed by atoms with Crippen molar-refractivity contribution in [2.75, 3.05) is 0 Å². The van der Waals surface area contributed by atoms with Crippen molar-refractivity contribution in [3.8, 4) is 0 Å². The first-order valence-corrected chi connectivity index (χ1v) is 9.32. The van der Waals surface area contributed by atoms with Gasteiger partial charge in [0.2, 0.25) is 0 Å². The van der Waals surface area contributed by atoms with Crippen molar-refractivity contribution in [1.29, 1.82) is 0 Å². The minimum absolute atomic E-state index is 0.190. The van der Waals surface area contributed by atoms with E-state index in [1.165, 1.54) is 36.5 Å². The van der Waals surface area contributed by atoms with Crippen molar-refractivity contribution >= 4 is 11.9 Å². The molecule has 0 amide bonds. The summed E-state index contributed by atoms with van der Waals surface area (Å²) in [5.41, 5.74) is 5.04. The highest BCUT2D eigenvalue weighted by molar-refractivity contribution is 5.92. The highest BCUT2D eigenvalue weighted by Gasteiger charge is 2.26. The van der Waals surface area contributed by atoms with Gasteiger partial charge in [-0.2, -0.15) is 0 Å². The lowest BCUT2D eigenvalue weighted by Gasteiger charge is -2.32. The largest absolute Gasteiger partial charge is 0.390 e. The lowest BCUT2D eigenvalue weighted by Crippen LogP contribution is -2.19. The van der Waals surface area contributed by atoms with Gasteiger partial charge in [-0.1, -0.05) is 62.3 Å². The summed E-state index contributed by atoms with van der Waals surface area (Å²) in [4.78, 5) is 22.6. The Balaban J connectivity index is 2.72. The fourth-order valence-electron chi connectivity index (χ4n) is 3.08. The molecule has 0 aromatic rings. The Kier molecular flexibility index (Phi) is 8.50. The van der Waals surface area contributed by atoms with E-state index in [-0.39, 0.29) is 11.8 Å². The van der Waals surface area contributed by atoms with Crippen LogP contribution in [-0.4, -0.2) is 11.9 Å². The molecule has 0 saturated carbocycles. The van der Waals surface area contributed by atoms with Crippen LogP contribution in [0.2, 0.25) is 0 Å². The van der Waals surface area contributed by atoms with Crippen LogP contribution in [0.1, 0.15) is 67.2 Å². The molecule has 0 radical (unpaired) electrons. The highest BCUT2D eigenvalue weighted by atomic mass is 16.6. The predicted octanol–water partition coefficient (Wildman–Crippen LogP) is 6.00. The fraction of sp³-hybridized carbons (Fsp3) is 0.478. The van der Waals surface area contributed by atoms with Gasteiger partial charge in [-0.15, -0.1) is 0 Å². The third-order valence-electron chi connectivity index (χ3n) is 4.62. The van der Waals surface area contributed by atoms with Gasteiger partial charge in [0.15, 0.2) is 0 Å². The maximum absolute atomic E-state index is 11.5. The Morgan fingerprint density at radius 2 is 1.85 bits per heavy atom. The Morgan fingerprint density at radius 3 is 2.46 bits per heavy atom. The lowest BCUT2D eigenvalue weighted by molar-refractivity contribution is -0.155. The number of ether oxygens (including phenoxy) is 1. The molecule has 0 unspecified atom stereocenters. The normalized spacial score (nSPS) is 18.7. The molecule has 0 heterocycles. The molecular weight excluding hydrogens is 324 g/mol. The first-order chi connectivity index (χ1) is 12.2. The first-order valence-electron chi connectivity index (χ1n) is 9.32. The number of esters is 2. The Morgan fingerprint density at radius 1 is 1.15 bits per heavy atom. The Bertz CT molecular complexity index is 682. The molecule has 0 aliphatic heterocycles. The molecular formula is C23H32O3. The maximum atomic E-state index is 11.5. The van der Waals surface area contributed by atoms with Crippen molar-refractivity contribution < 1.29 is 14.3 Å². The second-order valence-corrected chi connectivity index (χ2v) is 7.57. The summed E-state index contributed by atoms with van der Waals surface area (Å²) in [5.74, 6) is -1.14. The zero-order valence-corrected chi connectivity index (χ0v) is 17.0. The summed E-state index contributed by atoms with van der Waals surface area (Å²) in [6.45, 7) is 12.4. The lowest BCUT2D eigenvalue weighted by atomic mass is 9.72. The van der Waals surface area contributed by atoms with Crippen molar-refractivity contribution in [2.45, 2.75) is 67.2 Å². The molecule has 0 fully saturated rings. The van der Waals surface area contributed by atoms with E-state index in [4.69, 9.17) is 0 Å². The molecule has 3 heteroatoms. The van der Waals surface area contributed by atoms with Crippen LogP contribution in [0.3, 0.4) is 0 Å². The van der Waals surface area contributed by atoms with Crippen LogP contribution < -0.4 is 0 Å². The summed E-state index contributed by atoms with van der Waals surface area (Å²) in [7, 11) is 0. The second-order valence-electron chi connectivity index (χ2n) is 7.57. The smallest absolute Gasteiger partial charge is 0.338 e. The third kappa shape index (κ3) is 7.38. The van der Waals surface area contributed by atoms with E-state index in [2.05, 4.69) is 44.6 Å². The topological polar surface area (TPSA) is 43.4 Å². The van der Waals surface area contributed by atoms with Gasteiger partial charge < -0.3 is 4.74 Å². The van der Waals surface area contributed by atoms with Crippen LogP contribution >= 0.6 is 0 Å². The quantitative estimate of drug-likeness (QED) is 0.254. The average molecular weight is 357 g/mol. The van der Waals surface area contributed by atoms with Gasteiger partial charge >= 0.3 is 11.9 Å². The molecule has 1 aliphatic rings. The van der Waals surface area contributed by atoms with E-state index < -0.39 is 11.9 Å². The van der Waals surface area contributed by atoms with Gasteiger partial charge in [0.25, 0.3) is 0 Å². The van der Waals surface area contributed by atoms with Gasteiger partial charge in [0.1, 0.15) is 0 Å². The number of carbonyl (C=O) groups is 2. The number of rotatable bonds is 6. The van der Waals surface area contributed by atoms with Gasteiger partial charge in [-0.25, -0.2) is 4.79 Å². The van der Waals surface area contributed by atoms with E-state index in [0.29, 0.717) is 0 Å².